The number of hydrogen-bond donors (Lipinski definition) is 1. The molecule has 0 saturated heterocycles. The number of rotatable bonds is 19. The van der Waals surface area contributed by atoms with Crippen LogP contribution in [0, 0.1) is 11.3 Å². The summed E-state index contributed by atoms with van der Waals surface area (Å²) in [5.74, 6) is -0.582. The van der Waals surface area contributed by atoms with Crippen molar-refractivity contribution in [1.82, 2.24) is 15.4 Å². The van der Waals surface area contributed by atoms with E-state index in [-0.39, 0.29) is 37.2 Å². The van der Waals surface area contributed by atoms with Gasteiger partial charge in [-0.05, 0) is 43.2 Å². The summed E-state index contributed by atoms with van der Waals surface area (Å²) in [7, 11) is 0. The molecule has 2 aromatic rings. The minimum atomic E-state index is -0.252. The quantitative estimate of drug-likeness (QED) is 0.206. The largest absolute Gasteiger partial charge is 0.356 e. The molecule has 0 unspecified atom stereocenters. The van der Waals surface area contributed by atoms with Crippen molar-refractivity contribution in [2.75, 3.05) is 19.6 Å². The van der Waals surface area contributed by atoms with Gasteiger partial charge in [0, 0.05) is 45.8 Å². The summed E-state index contributed by atoms with van der Waals surface area (Å²) in [6.45, 7) is 3.44. The third kappa shape index (κ3) is 14.1. The van der Waals surface area contributed by atoms with Gasteiger partial charge in [-0.2, -0.15) is 5.26 Å². The topological polar surface area (TPSA) is 112 Å². The molecule has 2 rings (SSSR count). The summed E-state index contributed by atoms with van der Waals surface area (Å²) in [5.41, 5.74) is 1.94. The first kappa shape index (κ1) is 31.5. The molecule has 0 atom stereocenters. The zero-order valence-corrected chi connectivity index (χ0v) is 22.8. The molecule has 0 aliphatic heterocycles. The maximum Gasteiger partial charge on any atom is 0.246 e. The lowest BCUT2D eigenvalue weighted by atomic mass is 10.2. The van der Waals surface area contributed by atoms with Crippen molar-refractivity contribution in [3.8, 4) is 6.07 Å². The van der Waals surface area contributed by atoms with E-state index >= 15 is 0 Å². The Morgan fingerprint density at radius 2 is 1.33 bits per heavy atom. The number of carbonyl (C=O) groups is 3. The maximum absolute atomic E-state index is 12.7. The van der Waals surface area contributed by atoms with Gasteiger partial charge in [-0.15, -0.1) is 0 Å². The van der Waals surface area contributed by atoms with E-state index in [1.165, 1.54) is 17.1 Å². The van der Waals surface area contributed by atoms with E-state index in [2.05, 4.69) is 11.4 Å². The number of hydroxylamine groups is 4. The molecule has 0 radical (unpaired) electrons. The van der Waals surface area contributed by atoms with Crippen LogP contribution in [-0.4, -0.2) is 47.5 Å². The highest BCUT2D eigenvalue weighted by Gasteiger charge is 2.16. The SMILES string of the molecule is CC(=O)N(CCCCCNC(=O)CCC(=O)N(CCCCC#N)OCc1ccccc1)OCc1ccccc1. The van der Waals surface area contributed by atoms with Gasteiger partial charge in [0.05, 0.1) is 6.07 Å². The Labute approximate surface area is 231 Å². The number of unbranched alkanes of at least 4 members (excludes halogenated alkanes) is 4. The van der Waals surface area contributed by atoms with Crippen molar-refractivity contribution < 1.29 is 24.1 Å². The Kier molecular flexibility index (Phi) is 15.6. The molecule has 0 aliphatic carbocycles. The van der Waals surface area contributed by atoms with Crippen LogP contribution in [0.2, 0.25) is 0 Å². The van der Waals surface area contributed by atoms with Gasteiger partial charge >= 0.3 is 0 Å². The van der Waals surface area contributed by atoms with Crippen molar-refractivity contribution in [3.63, 3.8) is 0 Å². The minimum absolute atomic E-state index is 0.0468. The zero-order chi connectivity index (χ0) is 28.1. The molecule has 9 nitrogen and oxygen atoms in total. The Bertz CT molecular complexity index is 1030. The standard InChI is InChI=1S/C30H40N4O5/c1-26(35)33(38-24-27-14-6-2-7-15-27)22-13-5-11-21-32-29(36)18-19-30(37)34(23-12-4-10-20-31)39-25-28-16-8-3-9-17-28/h2-3,6-9,14-17H,4-5,10-13,18-19,21-25H2,1H3,(H,32,36). The number of nitrogens with zero attached hydrogens (tertiary/aromatic N) is 3. The number of amides is 3. The average molecular weight is 537 g/mol. The van der Waals surface area contributed by atoms with Gasteiger partial charge in [0.1, 0.15) is 13.2 Å². The summed E-state index contributed by atoms with van der Waals surface area (Å²) in [6, 6.07) is 21.3. The number of carbonyl (C=O) groups excluding carboxylic acids is 3. The van der Waals surface area contributed by atoms with Gasteiger partial charge in [-0.3, -0.25) is 24.1 Å². The molecular weight excluding hydrogens is 496 g/mol. The Balaban J connectivity index is 1.63. The molecule has 39 heavy (non-hydrogen) atoms. The monoisotopic (exact) mass is 536 g/mol. The van der Waals surface area contributed by atoms with Gasteiger partial charge in [-0.25, -0.2) is 10.1 Å². The second-order valence-corrected chi connectivity index (χ2v) is 9.16. The van der Waals surface area contributed by atoms with Crippen LogP contribution < -0.4 is 5.32 Å². The van der Waals surface area contributed by atoms with Crippen LogP contribution >= 0.6 is 0 Å². The van der Waals surface area contributed by atoms with E-state index in [9.17, 15) is 14.4 Å². The average Bonchev–Trinajstić information content (AvgIpc) is 2.95. The first-order chi connectivity index (χ1) is 19.0. The molecule has 9 heteroatoms. The van der Waals surface area contributed by atoms with Crippen LogP contribution in [0.5, 0.6) is 0 Å². The summed E-state index contributed by atoms with van der Waals surface area (Å²) in [6.07, 6.45) is 4.21. The lowest BCUT2D eigenvalue weighted by molar-refractivity contribution is -0.192. The molecular formula is C30H40N4O5. The highest BCUT2D eigenvalue weighted by molar-refractivity contribution is 5.83. The number of hydrogen-bond acceptors (Lipinski definition) is 6. The third-order valence-electron chi connectivity index (χ3n) is 5.92. The predicted molar refractivity (Wildman–Crippen MR) is 147 cm³/mol. The maximum atomic E-state index is 12.7. The van der Waals surface area contributed by atoms with Crippen LogP contribution in [0.4, 0.5) is 0 Å². The summed E-state index contributed by atoms with van der Waals surface area (Å²) in [4.78, 5) is 48.2. The van der Waals surface area contributed by atoms with E-state index < -0.39 is 0 Å². The summed E-state index contributed by atoms with van der Waals surface area (Å²) < 4.78 is 0. The van der Waals surface area contributed by atoms with E-state index in [0.717, 1.165) is 30.4 Å². The first-order valence-corrected chi connectivity index (χ1v) is 13.6. The van der Waals surface area contributed by atoms with Crippen molar-refractivity contribution in [3.05, 3.63) is 71.8 Å². The van der Waals surface area contributed by atoms with Crippen LogP contribution in [-0.2, 0) is 37.3 Å². The van der Waals surface area contributed by atoms with Crippen LogP contribution in [0.15, 0.2) is 60.7 Å². The molecule has 3 amide bonds. The van der Waals surface area contributed by atoms with Gasteiger partial charge in [0.25, 0.3) is 0 Å². The molecule has 0 aliphatic rings. The Morgan fingerprint density at radius 3 is 1.92 bits per heavy atom. The van der Waals surface area contributed by atoms with Crippen molar-refractivity contribution in [1.29, 1.82) is 5.26 Å². The fraction of sp³-hybridized carbons (Fsp3) is 0.467. The van der Waals surface area contributed by atoms with Crippen LogP contribution in [0.25, 0.3) is 0 Å². The van der Waals surface area contributed by atoms with Gasteiger partial charge in [0.15, 0.2) is 0 Å². The van der Waals surface area contributed by atoms with E-state index in [1.54, 1.807) is 0 Å². The van der Waals surface area contributed by atoms with Crippen LogP contribution in [0.1, 0.15) is 69.4 Å². The second-order valence-electron chi connectivity index (χ2n) is 9.16. The van der Waals surface area contributed by atoms with Crippen molar-refractivity contribution >= 4 is 17.7 Å². The third-order valence-corrected chi connectivity index (χ3v) is 5.92. The van der Waals surface area contributed by atoms with Crippen LogP contribution in [0.3, 0.4) is 0 Å². The van der Waals surface area contributed by atoms with Gasteiger partial charge in [0.2, 0.25) is 17.7 Å². The summed E-state index contributed by atoms with van der Waals surface area (Å²) in [5, 5.41) is 14.3. The molecule has 2 aromatic carbocycles. The molecule has 0 aromatic heterocycles. The zero-order valence-electron chi connectivity index (χ0n) is 22.8. The summed E-state index contributed by atoms with van der Waals surface area (Å²) >= 11 is 0. The minimum Gasteiger partial charge on any atom is -0.356 e. The molecule has 0 heterocycles. The molecule has 0 fully saturated rings. The van der Waals surface area contributed by atoms with Crippen molar-refractivity contribution in [2.24, 2.45) is 0 Å². The van der Waals surface area contributed by atoms with E-state index in [0.29, 0.717) is 45.5 Å². The normalized spacial score (nSPS) is 10.5. The van der Waals surface area contributed by atoms with Gasteiger partial charge < -0.3 is 5.32 Å². The lowest BCUT2D eigenvalue weighted by Crippen LogP contribution is -2.33. The highest BCUT2D eigenvalue weighted by Crippen LogP contribution is 2.09. The Morgan fingerprint density at radius 1 is 0.769 bits per heavy atom. The fourth-order valence-corrected chi connectivity index (χ4v) is 3.71. The van der Waals surface area contributed by atoms with E-state index in [1.807, 2.05) is 60.7 Å². The predicted octanol–water partition coefficient (Wildman–Crippen LogP) is 4.69. The smallest absolute Gasteiger partial charge is 0.246 e. The molecule has 0 spiro atoms. The number of benzene rings is 2. The molecule has 0 saturated carbocycles. The number of nitriles is 1. The molecule has 1 N–H and O–H groups in total. The van der Waals surface area contributed by atoms with E-state index in [4.69, 9.17) is 14.9 Å². The van der Waals surface area contributed by atoms with Crippen molar-refractivity contribution in [2.45, 2.75) is 71.5 Å². The Hall–Kier alpha value is -3.74. The fourth-order valence-electron chi connectivity index (χ4n) is 3.71. The highest BCUT2D eigenvalue weighted by atomic mass is 16.7. The van der Waals surface area contributed by atoms with Gasteiger partial charge in [-0.1, -0.05) is 60.7 Å². The first-order valence-electron chi connectivity index (χ1n) is 13.6. The second kappa shape index (κ2) is 19.3. The number of nitrogens with one attached hydrogen (secondary N) is 1. The molecule has 0 bridgehead atoms. The molecule has 210 valence electrons. The lowest BCUT2D eigenvalue weighted by Gasteiger charge is -2.22.